The number of rotatable bonds is 4. The topological polar surface area (TPSA) is 37.3 Å². The van der Waals surface area contributed by atoms with Gasteiger partial charge in [0.15, 0.2) is 0 Å². The Kier molecular flexibility index (Phi) is 3.21. The molecule has 4 fully saturated rings. The lowest BCUT2D eigenvalue weighted by molar-refractivity contribution is -0.131. The van der Waals surface area contributed by atoms with Crippen molar-refractivity contribution in [3.63, 3.8) is 0 Å². The van der Waals surface area contributed by atoms with Crippen molar-refractivity contribution in [2.75, 3.05) is 5.75 Å². The summed E-state index contributed by atoms with van der Waals surface area (Å²) in [6.45, 7) is 1.93. The number of hydrogen-bond acceptors (Lipinski definition) is 2. The average Bonchev–Trinajstić information content (AvgIpc) is 2.23. The Labute approximate surface area is 113 Å². The maximum absolute atomic E-state index is 10.6. The average molecular weight is 266 g/mol. The monoisotopic (exact) mass is 266 g/mol. The Bertz CT molecular complexity index is 351. The van der Waals surface area contributed by atoms with E-state index in [2.05, 4.69) is 0 Å². The molecule has 3 heteroatoms. The minimum absolute atomic E-state index is 0.549. The molecular formula is C15H22O2S. The molecule has 1 N–H and O–H groups in total. The molecule has 4 bridgehead atoms. The molecule has 0 spiro atoms. The van der Waals surface area contributed by atoms with Crippen molar-refractivity contribution in [3.05, 3.63) is 11.0 Å². The molecule has 100 valence electrons. The van der Waals surface area contributed by atoms with E-state index in [4.69, 9.17) is 5.11 Å². The van der Waals surface area contributed by atoms with E-state index in [0.717, 1.165) is 28.4 Å². The van der Waals surface area contributed by atoms with Gasteiger partial charge in [-0.2, -0.15) is 0 Å². The van der Waals surface area contributed by atoms with Crippen LogP contribution in [0.25, 0.3) is 0 Å². The molecule has 0 aromatic carbocycles. The van der Waals surface area contributed by atoms with Gasteiger partial charge < -0.3 is 5.11 Å². The Balaban J connectivity index is 1.64. The highest BCUT2D eigenvalue weighted by atomic mass is 32.2. The van der Waals surface area contributed by atoms with Crippen molar-refractivity contribution < 1.29 is 9.90 Å². The molecule has 2 nitrogen and oxygen atoms in total. The number of allylic oxidation sites excluding steroid dienone is 1. The molecule has 4 aliphatic carbocycles. The Morgan fingerprint density at radius 2 is 1.72 bits per heavy atom. The van der Waals surface area contributed by atoms with E-state index in [1.165, 1.54) is 44.6 Å². The number of hydrogen-bond donors (Lipinski definition) is 1. The number of carboxylic acid groups (broad SMARTS) is 1. The fourth-order valence-corrected chi connectivity index (χ4v) is 6.02. The summed E-state index contributed by atoms with van der Waals surface area (Å²) in [4.78, 5) is 11.6. The molecule has 0 heterocycles. The highest BCUT2D eigenvalue weighted by molar-refractivity contribution is 8.03. The third-order valence-corrected chi connectivity index (χ3v) is 6.43. The van der Waals surface area contributed by atoms with Crippen LogP contribution in [0.2, 0.25) is 0 Å². The zero-order valence-corrected chi connectivity index (χ0v) is 11.8. The van der Waals surface area contributed by atoms with Gasteiger partial charge in [0.05, 0.1) is 0 Å². The van der Waals surface area contributed by atoms with Gasteiger partial charge in [0, 0.05) is 11.8 Å². The van der Waals surface area contributed by atoms with Crippen molar-refractivity contribution in [1.82, 2.24) is 0 Å². The summed E-state index contributed by atoms with van der Waals surface area (Å²) in [5.74, 6) is 3.29. The third kappa shape index (κ3) is 2.47. The van der Waals surface area contributed by atoms with Crippen LogP contribution in [-0.2, 0) is 4.79 Å². The van der Waals surface area contributed by atoms with Gasteiger partial charge in [-0.3, -0.25) is 0 Å². The third-order valence-electron chi connectivity index (χ3n) is 5.10. The lowest BCUT2D eigenvalue weighted by Crippen LogP contribution is -2.47. The quantitative estimate of drug-likeness (QED) is 0.783. The maximum atomic E-state index is 10.6. The first kappa shape index (κ1) is 12.6. The van der Waals surface area contributed by atoms with Gasteiger partial charge in [0.2, 0.25) is 0 Å². The molecule has 0 atom stereocenters. The van der Waals surface area contributed by atoms with Gasteiger partial charge in [0.1, 0.15) is 0 Å². The molecule has 0 aromatic heterocycles. The summed E-state index contributed by atoms with van der Waals surface area (Å²) in [5, 5.41) is 8.75. The van der Waals surface area contributed by atoms with Gasteiger partial charge >= 0.3 is 5.97 Å². The summed E-state index contributed by atoms with van der Waals surface area (Å²) >= 11 is 1.77. The zero-order valence-electron chi connectivity index (χ0n) is 11.0. The molecule has 0 saturated heterocycles. The minimum Gasteiger partial charge on any atom is -0.478 e. The molecule has 4 saturated carbocycles. The van der Waals surface area contributed by atoms with Crippen LogP contribution in [-0.4, -0.2) is 16.8 Å². The summed E-state index contributed by atoms with van der Waals surface area (Å²) in [6.07, 6.45) is 10.0. The van der Waals surface area contributed by atoms with E-state index in [9.17, 15) is 4.79 Å². The summed E-state index contributed by atoms with van der Waals surface area (Å²) in [5.41, 5.74) is 0.549. The number of aliphatic carboxylic acids is 1. The molecule has 18 heavy (non-hydrogen) atoms. The zero-order chi connectivity index (χ0) is 12.8. The fraction of sp³-hybridized carbons (Fsp3) is 0.800. The second-order valence-electron chi connectivity index (χ2n) is 6.80. The molecule has 0 amide bonds. The largest absolute Gasteiger partial charge is 0.478 e. The Morgan fingerprint density at radius 3 is 2.17 bits per heavy atom. The van der Waals surface area contributed by atoms with E-state index in [1.807, 2.05) is 6.92 Å². The van der Waals surface area contributed by atoms with Gasteiger partial charge in [-0.25, -0.2) is 4.79 Å². The predicted molar refractivity (Wildman–Crippen MR) is 74.5 cm³/mol. The van der Waals surface area contributed by atoms with Crippen molar-refractivity contribution in [2.45, 2.75) is 45.4 Å². The first-order valence-electron chi connectivity index (χ1n) is 7.09. The second kappa shape index (κ2) is 4.59. The minimum atomic E-state index is -0.814. The lowest BCUT2D eigenvalue weighted by Gasteiger charge is -2.56. The van der Waals surface area contributed by atoms with Gasteiger partial charge in [-0.05, 0) is 73.5 Å². The fourth-order valence-electron chi connectivity index (χ4n) is 4.95. The van der Waals surface area contributed by atoms with Crippen LogP contribution in [0, 0.1) is 23.2 Å². The summed E-state index contributed by atoms with van der Waals surface area (Å²) in [6, 6.07) is 0. The van der Waals surface area contributed by atoms with Crippen molar-refractivity contribution in [1.29, 1.82) is 0 Å². The van der Waals surface area contributed by atoms with Crippen LogP contribution < -0.4 is 0 Å². The molecular weight excluding hydrogens is 244 g/mol. The van der Waals surface area contributed by atoms with Gasteiger partial charge in [-0.15, -0.1) is 11.8 Å². The smallest absolute Gasteiger partial charge is 0.329 e. The lowest BCUT2D eigenvalue weighted by atomic mass is 9.50. The number of carboxylic acids is 1. The van der Waals surface area contributed by atoms with Crippen LogP contribution in [0.1, 0.15) is 45.4 Å². The first-order chi connectivity index (χ1) is 8.55. The summed E-state index contributed by atoms with van der Waals surface area (Å²) < 4.78 is 0. The van der Waals surface area contributed by atoms with Crippen LogP contribution >= 0.6 is 11.8 Å². The normalized spacial score (nSPS) is 42.3. The first-order valence-corrected chi connectivity index (χ1v) is 8.07. The van der Waals surface area contributed by atoms with E-state index in [-0.39, 0.29) is 0 Å². The maximum Gasteiger partial charge on any atom is 0.329 e. The number of carbonyl (C=O) groups is 1. The van der Waals surface area contributed by atoms with Crippen LogP contribution in [0.15, 0.2) is 11.0 Å². The van der Waals surface area contributed by atoms with Crippen LogP contribution in [0.3, 0.4) is 0 Å². The Morgan fingerprint density at radius 1 is 1.22 bits per heavy atom. The van der Waals surface area contributed by atoms with Crippen molar-refractivity contribution >= 4 is 17.7 Å². The van der Waals surface area contributed by atoms with Gasteiger partial charge in [-0.1, -0.05) is 0 Å². The molecule has 0 aliphatic heterocycles. The van der Waals surface area contributed by atoms with Crippen LogP contribution in [0.4, 0.5) is 0 Å². The highest BCUT2D eigenvalue weighted by Crippen LogP contribution is 2.61. The standard InChI is InChI=1S/C15H22O2S/c1-10(2-14(16)17)18-9-15-6-11-3-12(7-15)5-13(4-11)8-15/h2,11-13H,3-9H2,1H3,(H,16,17)/b10-2+. The van der Waals surface area contributed by atoms with E-state index in [0.29, 0.717) is 5.41 Å². The highest BCUT2D eigenvalue weighted by Gasteiger charge is 2.50. The van der Waals surface area contributed by atoms with E-state index < -0.39 is 5.97 Å². The molecule has 0 unspecified atom stereocenters. The molecule has 4 rings (SSSR count). The van der Waals surface area contributed by atoms with E-state index >= 15 is 0 Å². The van der Waals surface area contributed by atoms with Gasteiger partial charge in [0.25, 0.3) is 0 Å². The number of thioether (sulfide) groups is 1. The molecule has 0 aromatic rings. The van der Waals surface area contributed by atoms with Crippen molar-refractivity contribution in [2.24, 2.45) is 23.2 Å². The van der Waals surface area contributed by atoms with E-state index in [1.54, 1.807) is 11.8 Å². The Hall–Kier alpha value is -0.440. The second-order valence-corrected chi connectivity index (χ2v) is 8.02. The predicted octanol–water partition coefficient (Wildman–Crippen LogP) is 3.92. The summed E-state index contributed by atoms with van der Waals surface area (Å²) in [7, 11) is 0. The van der Waals surface area contributed by atoms with Crippen LogP contribution in [0.5, 0.6) is 0 Å². The van der Waals surface area contributed by atoms with Crippen molar-refractivity contribution in [3.8, 4) is 0 Å². The SMILES string of the molecule is C/C(=C\C(=O)O)SCC12CC3CC(CC(C3)C1)C2. The molecule has 4 aliphatic rings. The molecule has 0 radical (unpaired) electrons.